The summed E-state index contributed by atoms with van der Waals surface area (Å²) in [6, 6.07) is 0.169. The quantitative estimate of drug-likeness (QED) is 0.651. The van der Waals surface area contributed by atoms with E-state index < -0.39 is 0 Å². The highest BCUT2D eigenvalue weighted by molar-refractivity contribution is 5.36. The Hall–Kier alpha value is -1.63. The summed E-state index contributed by atoms with van der Waals surface area (Å²) in [6.07, 6.45) is 0. The molecule has 108 valence electrons. The lowest BCUT2D eigenvalue weighted by atomic mass is 10.1. The van der Waals surface area contributed by atoms with Crippen LogP contribution in [0.1, 0.15) is 27.7 Å². The molecule has 0 saturated carbocycles. The Kier molecular flexibility index (Phi) is 6.27. The maximum atomic E-state index is 9.32. The first kappa shape index (κ1) is 15.4. The molecule has 0 amide bonds. The number of rotatable bonds is 8. The zero-order valence-electron chi connectivity index (χ0n) is 12.0. The van der Waals surface area contributed by atoms with Crippen LogP contribution in [-0.2, 0) is 0 Å². The van der Waals surface area contributed by atoms with Crippen molar-refractivity contribution in [3.8, 4) is 6.01 Å². The largest absolute Gasteiger partial charge is 0.464 e. The third-order valence-electron chi connectivity index (χ3n) is 2.54. The van der Waals surface area contributed by atoms with E-state index in [9.17, 15) is 5.11 Å². The van der Waals surface area contributed by atoms with Gasteiger partial charge in [0.1, 0.15) is 0 Å². The van der Waals surface area contributed by atoms with Crippen LogP contribution in [0.3, 0.4) is 0 Å². The Balaban J connectivity index is 2.91. The summed E-state index contributed by atoms with van der Waals surface area (Å²) < 4.78 is 5.30. The first-order valence-electron chi connectivity index (χ1n) is 6.60. The molecule has 1 heterocycles. The van der Waals surface area contributed by atoms with Gasteiger partial charge in [-0.2, -0.15) is 15.0 Å². The normalized spacial score (nSPS) is 12.3. The van der Waals surface area contributed by atoms with Gasteiger partial charge in [0.2, 0.25) is 11.9 Å². The number of hydrogen-bond acceptors (Lipinski definition) is 7. The van der Waals surface area contributed by atoms with Crippen LogP contribution in [0.2, 0.25) is 0 Å². The molecule has 1 aromatic rings. The molecule has 0 radical (unpaired) electrons. The van der Waals surface area contributed by atoms with Gasteiger partial charge in [-0.3, -0.25) is 0 Å². The molecule has 0 aromatic carbocycles. The highest BCUT2D eigenvalue weighted by Gasteiger charge is 2.15. The van der Waals surface area contributed by atoms with Gasteiger partial charge in [0.25, 0.3) is 0 Å². The fourth-order valence-corrected chi connectivity index (χ4v) is 1.44. The minimum absolute atomic E-state index is 0.0177. The molecular formula is C12H23N5O2. The van der Waals surface area contributed by atoms with Crippen molar-refractivity contribution in [2.45, 2.75) is 33.7 Å². The van der Waals surface area contributed by atoms with E-state index in [1.165, 1.54) is 0 Å². The Morgan fingerprint density at radius 2 is 1.84 bits per heavy atom. The molecule has 1 rings (SSSR count). The molecule has 0 bridgehead atoms. The minimum atomic E-state index is -0.105. The van der Waals surface area contributed by atoms with Gasteiger partial charge in [-0.05, 0) is 19.8 Å². The summed E-state index contributed by atoms with van der Waals surface area (Å²) in [5.74, 6) is 1.13. The second-order valence-corrected chi connectivity index (χ2v) is 4.41. The van der Waals surface area contributed by atoms with Gasteiger partial charge >= 0.3 is 6.01 Å². The van der Waals surface area contributed by atoms with Crippen molar-refractivity contribution in [3.05, 3.63) is 0 Å². The van der Waals surface area contributed by atoms with Crippen molar-refractivity contribution >= 4 is 11.9 Å². The summed E-state index contributed by atoms with van der Waals surface area (Å²) >= 11 is 0. The van der Waals surface area contributed by atoms with Crippen molar-refractivity contribution in [1.29, 1.82) is 0 Å². The number of nitrogens with zero attached hydrogens (tertiary/aromatic N) is 3. The van der Waals surface area contributed by atoms with Crippen molar-refractivity contribution in [2.24, 2.45) is 5.92 Å². The minimum Gasteiger partial charge on any atom is -0.464 e. The van der Waals surface area contributed by atoms with Gasteiger partial charge in [0.05, 0.1) is 19.3 Å². The SMILES string of the molecule is CCNc1nc(NC(CO)C(C)C)nc(OCC)n1. The molecule has 0 aliphatic heterocycles. The van der Waals surface area contributed by atoms with E-state index in [-0.39, 0.29) is 24.6 Å². The van der Waals surface area contributed by atoms with Gasteiger partial charge < -0.3 is 20.5 Å². The predicted molar refractivity (Wildman–Crippen MR) is 74.5 cm³/mol. The van der Waals surface area contributed by atoms with E-state index in [4.69, 9.17) is 4.74 Å². The second kappa shape index (κ2) is 7.73. The smallest absolute Gasteiger partial charge is 0.323 e. The molecule has 19 heavy (non-hydrogen) atoms. The van der Waals surface area contributed by atoms with Gasteiger partial charge in [-0.1, -0.05) is 13.8 Å². The molecule has 1 atom stereocenters. The molecule has 7 heteroatoms. The Morgan fingerprint density at radius 1 is 1.16 bits per heavy atom. The van der Waals surface area contributed by atoms with Crippen LogP contribution in [0.4, 0.5) is 11.9 Å². The number of ether oxygens (including phenoxy) is 1. The van der Waals surface area contributed by atoms with Gasteiger partial charge in [-0.15, -0.1) is 0 Å². The first-order chi connectivity index (χ1) is 9.10. The second-order valence-electron chi connectivity index (χ2n) is 4.41. The van der Waals surface area contributed by atoms with E-state index in [0.717, 1.165) is 0 Å². The van der Waals surface area contributed by atoms with Crippen LogP contribution >= 0.6 is 0 Å². The Bertz CT molecular complexity index is 362. The standard InChI is InChI=1S/C12H23N5O2/c1-5-13-10-15-11(14-9(7-18)8(3)4)17-12(16-10)19-6-2/h8-9,18H,5-7H2,1-4H3,(H2,13,14,15,16,17). The molecule has 0 spiro atoms. The van der Waals surface area contributed by atoms with Crippen LogP contribution in [0.5, 0.6) is 6.01 Å². The number of aromatic nitrogens is 3. The summed E-state index contributed by atoms with van der Waals surface area (Å²) in [4.78, 5) is 12.5. The van der Waals surface area contributed by atoms with Crippen molar-refractivity contribution in [1.82, 2.24) is 15.0 Å². The molecular weight excluding hydrogens is 246 g/mol. The van der Waals surface area contributed by atoms with Crippen molar-refractivity contribution in [2.75, 3.05) is 30.4 Å². The van der Waals surface area contributed by atoms with Crippen molar-refractivity contribution in [3.63, 3.8) is 0 Å². The number of anilines is 2. The van der Waals surface area contributed by atoms with Gasteiger partial charge in [0, 0.05) is 6.54 Å². The molecule has 0 aliphatic rings. The number of aliphatic hydroxyl groups is 1. The van der Waals surface area contributed by atoms with Gasteiger partial charge in [-0.25, -0.2) is 0 Å². The average Bonchev–Trinajstić information content (AvgIpc) is 2.36. The van der Waals surface area contributed by atoms with E-state index in [2.05, 4.69) is 25.6 Å². The molecule has 1 unspecified atom stereocenters. The third kappa shape index (κ3) is 4.86. The summed E-state index contributed by atoms with van der Waals surface area (Å²) in [5, 5.41) is 15.4. The Labute approximate surface area is 113 Å². The lowest BCUT2D eigenvalue weighted by molar-refractivity contribution is 0.248. The van der Waals surface area contributed by atoms with E-state index in [1.54, 1.807) is 0 Å². The van der Waals surface area contributed by atoms with Crippen molar-refractivity contribution < 1.29 is 9.84 Å². The van der Waals surface area contributed by atoms with Crippen LogP contribution in [0.15, 0.2) is 0 Å². The Morgan fingerprint density at radius 3 is 2.37 bits per heavy atom. The number of aliphatic hydroxyl groups excluding tert-OH is 1. The molecule has 7 nitrogen and oxygen atoms in total. The maximum absolute atomic E-state index is 9.32. The van der Waals surface area contributed by atoms with Crippen LogP contribution in [0.25, 0.3) is 0 Å². The molecule has 0 fully saturated rings. The van der Waals surface area contributed by atoms with Gasteiger partial charge in [0.15, 0.2) is 0 Å². The zero-order chi connectivity index (χ0) is 14.3. The number of nitrogens with one attached hydrogen (secondary N) is 2. The number of hydrogen-bond donors (Lipinski definition) is 3. The average molecular weight is 269 g/mol. The lowest BCUT2D eigenvalue weighted by Gasteiger charge is -2.20. The fraction of sp³-hybridized carbons (Fsp3) is 0.750. The zero-order valence-corrected chi connectivity index (χ0v) is 12.0. The molecule has 1 aromatic heterocycles. The molecule has 0 saturated heterocycles. The van der Waals surface area contributed by atoms with Crippen LogP contribution in [-0.4, -0.2) is 45.9 Å². The van der Waals surface area contributed by atoms with Crippen LogP contribution < -0.4 is 15.4 Å². The van der Waals surface area contributed by atoms with E-state index in [1.807, 2.05) is 27.7 Å². The fourth-order valence-electron chi connectivity index (χ4n) is 1.44. The summed E-state index contributed by atoms with van der Waals surface area (Å²) in [7, 11) is 0. The first-order valence-corrected chi connectivity index (χ1v) is 6.60. The topological polar surface area (TPSA) is 92.2 Å². The lowest BCUT2D eigenvalue weighted by Crippen LogP contribution is -2.30. The van der Waals surface area contributed by atoms with E-state index in [0.29, 0.717) is 25.0 Å². The maximum Gasteiger partial charge on any atom is 0.323 e. The predicted octanol–water partition coefficient (Wildman–Crippen LogP) is 1.13. The third-order valence-corrected chi connectivity index (χ3v) is 2.54. The molecule has 0 aliphatic carbocycles. The summed E-state index contributed by atoms with van der Waals surface area (Å²) in [6.45, 7) is 9.08. The summed E-state index contributed by atoms with van der Waals surface area (Å²) in [5.41, 5.74) is 0. The highest BCUT2D eigenvalue weighted by Crippen LogP contribution is 2.14. The monoisotopic (exact) mass is 269 g/mol. The highest BCUT2D eigenvalue weighted by atomic mass is 16.5. The van der Waals surface area contributed by atoms with E-state index >= 15 is 0 Å². The van der Waals surface area contributed by atoms with Crippen LogP contribution in [0, 0.1) is 5.92 Å². The molecule has 3 N–H and O–H groups in total.